The fraction of sp³-hybridized carbons (Fsp3) is 0.400. The second kappa shape index (κ2) is 4.83. The molecule has 1 aliphatic carbocycles. The number of hydrogen-bond acceptors (Lipinski definition) is 3. The van der Waals surface area contributed by atoms with Gasteiger partial charge in [0, 0.05) is 23.5 Å². The number of furan rings is 1. The lowest BCUT2D eigenvalue weighted by Gasteiger charge is -2.14. The van der Waals surface area contributed by atoms with Gasteiger partial charge < -0.3 is 9.73 Å². The monoisotopic (exact) mass is 240 g/mol. The van der Waals surface area contributed by atoms with Crippen LogP contribution in [0.4, 0.5) is 0 Å². The molecule has 1 heterocycles. The van der Waals surface area contributed by atoms with Gasteiger partial charge in [0.1, 0.15) is 5.58 Å². The summed E-state index contributed by atoms with van der Waals surface area (Å²) in [4.78, 5) is 0. The summed E-state index contributed by atoms with van der Waals surface area (Å²) >= 11 is 0. The molecule has 3 rings (SSSR count). The molecule has 3 nitrogen and oxygen atoms in total. The maximum absolute atomic E-state index is 9.06. The highest BCUT2D eigenvalue weighted by molar-refractivity contribution is 5.80. The average Bonchev–Trinajstić information content (AvgIpc) is 3.02. The third-order valence-corrected chi connectivity index (χ3v) is 3.80. The number of nitrogens with one attached hydrogen (secondary N) is 1. The van der Waals surface area contributed by atoms with Crippen LogP contribution in [0.2, 0.25) is 0 Å². The molecular formula is C15H16N2O. The van der Waals surface area contributed by atoms with Gasteiger partial charge in [0.25, 0.3) is 0 Å². The smallest absolute Gasteiger partial charge is 0.134 e. The number of para-hydroxylation sites is 1. The van der Waals surface area contributed by atoms with Crippen molar-refractivity contribution in [2.75, 3.05) is 0 Å². The topological polar surface area (TPSA) is 49.0 Å². The van der Waals surface area contributed by atoms with Gasteiger partial charge in [-0.3, -0.25) is 0 Å². The van der Waals surface area contributed by atoms with E-state index >= 15 is 0 Å². The van der Waals surface area contributed by atoms with Gasteiger partial charge in [0.2, 0.25) is 0 Å². The van der Waals surface area contributed by atoms with Crippen molar-refractivity contribution in [2.24, 2.45) is 5.92 Å². The largest absolute Gasteiger partial charge is 0.464 e. The highest BCUT2D eigenvalue weighted by Crippen LogP contribution is 2.26. The van der Waals surface area contributed by atoms with Crippen molar-refractivity contribution in [3.8, 4) is 6.07 Å². The Morgan fingerprint density at radius 2 is 2.22 bits per heavy atom. The van der Waals surface area contributed by atoms with Crippen LogP contribution in [-0.4, -0.2) is 6.04 Å². The molecule has 0 bridgehead atoms. The van der Waals surface area contributed by atoms with Crippen LogP contribution in [0.3, 0.4) is 0 Å². The Morgan fingerprint density at radius 1 is 1.33 bits per heavy atom. The molecule has 0 radical (unpaired) electrons. The molecule has 0 amide bonds. The second-order valence-electron chi connectivity index (χ2n) is 4.91. The Bertz CT molecular complexity index is 581. The number of rotatable bonds is 3. The minimum atomic E-state index is 0.170. The van der Waals surface area contributed by atoms with Crippen LogP contribution in [0.15, 0.2) is 34.9 Å². The molecule has 92 valence electrons. The maximum Gasteiger partial charge on any atom is 0.134 e. The van der Waals surface area contributed by atoms with E-state index in [-0.39, 0.29) is 5.92 Å². The van der Waals surface area contributed by atoms with Crippen molar-refractivity contribution < 1.29 is 4.42 Å². The fourth-order valence-corrected chi connectivity index (χ4v) is 2.77. The van der Waals surface area contributed by atoms with Gasteiger partial charge in [-0.05, 0) is 18.9 Å². The van der Waals surface area contributed by atoms with E-state index in [1.54, 1.807) is 0 Å². The summed E-state index contributed by atoms with van der Waals surface area (Å²) < 4.78 is 5.51. The number of fused-ring (bicyclic) bond motifs is 1. The SMILES string of the molecule is N#CC1CCCC1NCc1coc2ccccc12. The Morgan fingerprint density at radius 3 is 3.11 bits per heavy atom. The van der Waals surface area contributed by atoms with Gasteiger partial charge in [0.15, 0.2) is 0 Å². The molecule has 0 spiro atoms. The summed E-state index contributed by atoms with van der Waals surface area (Å²) in [6, 6.07) is 10.8. The van der Waals surface area contributed by atoms with Crippen LogP contribution in [0.25, 0.3) is 11.0 Å². The van der Waals surface area contributed by atoms with Crippen LogP contribution < -0.4 is 5.32 Å². The van der Waals surface area contributed by atoms with Crippen LogP contribution in [0.5, 0.6) is 0 Å². The van der Waals surface area contributed by atoms with E-state index in [4.69, 9.17) is 9.68 Å². The summed E-state index contributed by atoms with van der Waals surface area (Å²) in [5, 5.41) is 13.7. The maximum atomic E-state index is 9.06. The number of hydrogen-bond donors (Lipinski definition) is 1. The van der Waals surface area contributed by atoms with Gasteiger partial charge in [-0.25, -0.2) is 0 Å². The van der Waals surface area contributed by atoms with E-state index in [0.29, 0.717) is 6.04 Å². The third-order valence-electron chi connectivity index (χ3n) is 3.80. The average molecular weight is 240 g/mol. The first kappa shape index (κ1) is 11.3. The first-order chi connectivity index (χ1) is 8.88. The predicted molar refractivity (Wildman–Crippen MR) is 69.8 cm³/mol. The van der Waals surface area contributed by atoms with Crippen molar-refractivity contribution in [1.29, 1.82) is 5.26 Å². The molecule has 1 fully saturated rings. The lowest BCUT2D eigenvalue weighted by atomic mass is 10.1. The Labute approximate surface area is 106 Å². The zero-order chi connectivity index (χ0) is 12.4. The number of nitrogens with zero attached hydrogens (tertiary/aromatic N) is 1. The van der Waals surface area contributed by atoms with Crippen molar-refractivity contribution in [3.63, 3.8) is 0 Å². The normalized spacial score (nSPS) is 23.3. The van der Waals surface area contributed by atoms with Crippen LogP contribution >= 0.6 is 0 Å². The van der Waals surface area contributed by atoms with E-state index in [0.717, 1.165) is 36.8 Å². The molecule has 2 unspecified atom stereocenters. The van der Waals surface area contributed by atoms with Crippen molar-refractivity contribution in [1.82, 2.24) is 5.32 Å². The van der Waals surface area contributed by atoms with E-state index in [2.05, 4.69) is 17.5 Å². The van der Waals surface area contributed by atoms with Crippen molar-refractivity contribution >= 4 is 11.0 Å². The summed E-state index contributed by atoms with van der Waals surface area (Å²) in [5.74, 6) is 0.170. The zero-order valence-corrected chi connectivity index (χ0v) is 10.2. The first-order valence-electron chi connectivity index (χ1n) is 6.46. The molecule has 0 aliphatic heterocycles. The molecule has 18 heavy (non-hydrogen) atoms. The van der Waals surface area contributed by atoms with E-state index < -0.39 is 0 Å². The first-order valence-corrected chi connectivity index (χ1v) is 6.46. The highest BCUT2D eigenvalue weighted by atomic mass is 16.3. The fourth-order valence-electron chi connectivity index (χ4n) is 2.77. The Kier molecular flexibility index (Phi) is 3.04. The standard InChI is InChI=1S/C15H16N2O/c16-8-11-4-3-6-14(11)17-9-12-10-18-15-7-2-1-5-13(12)15/h1-2,5,7,10-11,14,17H,3-4,6,9H2. The molecule has 0 saturated heterocycles. The lowest BCUT2D eigenvalue weighted by Crippen LogP contribution is -2.31. The van der Waals surface area contributed by atoms with E-state index in [1.807, 2.05) is 24.5 Å². The molecular weight excluding hydrogens is 224 g/mol. The van der Waals surface area contributed by atoms with Gasteiger partial charge in [0.05, 0.1) is 18.3 Å². The molecule has 1 N–H and O–H groups in total. The van der Waals surface area contributed by atoms with Crippen LogP contribution in [0.1, 0.15) is 24.8 Å². The van der Waals surface area contributed by atoms with Gasteiger partial charge in [-0.15, -0.1) is 0 Å². The summed E-state index contributed by atoms with van der Waals surface area (Å²) in [6.07, 6.45) is 5.10. The molecule has 1 aliphatic rings. The highest BCUT2D eigenvalue weighted by Gasteiger charge is 2.26. The molecule has 1 aromatic heterocycles. The third kappa shape index (κ3) is 2.00. The van der Waals surface area contributed by atoms with Crippen LogP contribution in [-0.2, 0) is 6.54 Å². The number of nitriles is 1. The molecule has 1 aromatic carbocycles. The lowest BCUT2D eigenvalue weighted by molar-refractivity contribution is 0.463. The van der Waals surface area contributed by atoms with E-state index in [1.165, 1.54) is 5.56 Å². The Balaban J connectivity index is 1.72. The summed E-state index contributed by atoms with van der Waals surface area (Å²) in [6.45, 7) is 0.778. The quantitative estimate of drug-likeness (QED) is 0.896. The summed E-state index contributed by atoms with van der Waals surface area (Å²) in [7, 11) is 0. The molecule has 1 saturated carbocycles. The van der Waals surface area contributed by atoms with Crippen LogP contribution in [0, 0.1) is 17.2 Å². The van der Waals surface area contributed by atoms with Gasteiger partial charge in [-0.2, -0.15) is 5.26 Å². The van der Waals surface area contributed by atoms with E-state index in [9.17, 15) is 0 Å². The molecule has 2 atom stereocenters. The minimum absolute atomic E-state index is 0.170. The molecule has 3 heteroatoms. The van der Waals surface area contributed by atoms with Crippen molar-refractivity contribution in [2.45, 2.75) is 31.8 Å². The predicted octanol–water partition coefficient (Wildman–Crippen LogP) is 3.21. The van der Waals surface area contributed by atoms with Gasteiger partial charge in [-0.1, -0.05) is 24.6 Å². The summed E-state index contributed by atoms with van der Waals surface area (Å²) in [5.41, 5.74) is 2.10. The minimum Gasteiger partial charge on any atom is -0.464 e. The second-order valence-corrected chi connectivity index (χ2v) is 4.91. The molecule has 2 aromatic rings. The number of benzene rings is 1. The zero-order valence-electron chi connectivity index (χ0n) is 10.2. The Hall–Kier alpha value is -1.79. The van der Waals surface area contributed by atoms with Crippen molar-refractivity contribution in [3.05, 3.63) is 36.1 Å². The van der Waals surface area contributed by atoms with Gasteiger partial charge >= 0.3 is 0 Å².